The van der Waals surface area contributed by atoms with Crippen LogP contribution in [0.15, 0.2) is 18.3 Å². The maximum absolute atomic E-state index is 12.7. The number of nitrogens with zero attached hydrogens (tertiary/aromatic N) is 1. The number of hydrogen-bond donors (Lipinski definition) is 1. The number of rotatable bonds is 3. The lowest BCUT2D eigenvalue weighted by Crippen LogP contribution is -2.14. The summed E-state index contributed by atoms with van der Waals surface area (Å²) in [5, 5.41) is 2.52. The third kappa shape index (κ3) is 3.51. The minimum atomic E-state index is -0.403. The van der Waals surface area contributed by atoms with E-state index >= 15 is 0 Å². The number of pyridine rings is 1. The van der Waals surface area contributed by atoms with Crippen molar-refractivity contribution in [3.63, 3.8) is 0 Å². The minimum Gasteiger partial charge on any atom is -0.311 e. The van der Waals surface area contributed by atoms with Crippen molar-refractivity contribution in [2.24, 2.45) is 5.92 Å². The number of anilines is 1. The zero-order valence-corrected chi connectivity index (χ0v) is 8.25. The van der Waals surface area contributed by atoms with Crippen molar-refractivity contribution < 1.29 is 9.18 Å². The molecule has 1 aromatic rings. The Hall–Kier alpha value is -1.45. The van der Waals surface area contributed by atoms with Gasteiger partial charge >= 0.3 is 0 Å². The monoisotopic (exact) mass is 196 g/mol. The van der Waals surface area contributed by atoms with Crippen molar-refractivity contribution in [2.75, 3.05) is 5.32 Å². The van der Waals surface area contributed by atoms with E-state index in [-0.39, 0.29) is 17.6 Å². The fourth-order valence-electron chi connectivity index (χ4n) is 1.04. The molecular weight excluding hydrogens is 183 g/mol. The highest BCUT2D eigenvalue weighted by atomic mass is 19.1. The summed E-state index contributed by atoms with van der Waals surface area (Å²) in [6, 6.07) is 2.43. The van der Waals surface area contributed by atoms with E-state index < -0.39 is 5.82 Å². The van der Waals surface area contributed by atoms with Gasteiger partial charge in [0.15, 0.2) is 0 Å². The van der Waals surface area contributed by atoms with Crippen LogP contribution in [-0.4, -0.2) is 10.9 Å². The second-order valence-corrected chi connectivity index (χ2v) is 3.51. The van der Waals surface area contributed by atoms with Gasteiger partial charge < -0.3 is 5.32 Å². The summed E-state index contributed by atoms with van der Waals surface area (Å²) < 4.78 is 12.7. The van der Waals surface area contributed by atoms with Crippen LogP contribution in [0.2, 0.25) is 0 Å². The molecule has 76 valence electrons. The van der Waals surface area contributed by atoms with Crippen LogP contribution in [-0.2, 0) is 4.79 Å². The summed E-state index contributed by atoms with van der Waals surface area (Å²) in [6.07, 6.45) is 1.73. The first kappa shape index (κ1) is 10.6. The number of hydrogen-bond acceptors (Lipinski definition) is 2. The smallest absolute Gasteiger partial charge is 0.225 e. The average molecular weight is 196 g/mol. The van der Waals surface area contributed by atoms with E-state index in [0.717, 1.165) is 0 Å². The Balaban J connectivity index is 2.56. The van der Waals surface area contributed by atoms with Gasteiger partial charge in [0.05, 0.1) is 0 Å². The first-order valence-electron chi connectivity index (χ1n) is 4.49. The van der Waals surface area contributed by atoms with Gasteiger partial charge in [-0.1, -0.05) is 13.8 Å². The molecule has 0 atom stereocenters. The van der Waals surface area contributed by atoms with Crippen LogP contribution in [0, 0.1) is 11.7 Å². The molecule has 0 aliphatic rings. The third-order valence-electron chi connectivity index (χ3n) is 1.58. The molecule has 4 heteroatoms. The topological polar surface area (TPSA) is 42.0 Å². The number of amides is 1. The molecule has 0 fully saturated rings. The molecule has 0 unspecified atom stereocenters. The van der Waals surface area contributed by atoms with Crippen LogP contribution in [0.5, 0.6) is 0 Å². The van der Waals surface area contributed by atoms with Crippen LogP contribution in [0.4, 0.5) is 10.2 Å². The maximum atomic E-state index is 12.7. The van der Waals surface area contributed by atoms with Gasteiger partial charge in [0, 0.05) is 18.7 Å². The van der Waals surface area contributed by atoms with Crippen molar-refractivity contribution in [3.05, 3.63) is 24.1 Å². The molecule has 0 spiro atoms. The number of carbonyl (C=O) groups is 1. The molecule has 1 rings (SSSR count). The zero-order valence-electron chi connectivity index (χ0n) is 8.25. The summed E-state index contributed by atoms with van der Waals surface area (Å²) >= 11 is 0. The van der Waals surface area contributed by atoms with Crippen molar-refractivity contribution in [1.29, 1.82) is 0 Å². The van der Waals surface area contributed by atoms with Gasteiger partial charge in [-0.25, -0.2) is 9.37 Å². The number of aromatic nitrogens is 1. The van der Waals surface area contributed by atoms with E-state index in [1.165, 1.54) is 18.3 Å². The lowest BCUT2D eigenvalue weighted by Gasteiger charge is -2.05. The highest BCUT2D eigenvalue weighted by Gasteiger charge is 2.05. The highest BCUT2D eigenvalue weighted by Crippen LogP contribution is 2.07. The minimum absolute atomic E-state index is 0.141. The molecule has 1 heterocycles. The van der Waals surface area contributed by atoms with E-state index in [9.17, 15) is 9.18 Å². The van der Waals surface area contributed by atoms with Gasteiger partial charge in [-0.2, -0.15) is 0 Å². The van der Waals surface area contributed by atoms with Crippen molar-refractivity contribution in [2.45, 2.75) is 20.3 Å². The Morgan fingerprint density at radius 2 is 2.36 bits per heavy atom. The Morgan fingerprint density at radius 1 is 1.64 bits per heavy atom. The molecule has 0 saturated heterocycles. The summed E-state index contributed by atoms with van der Waals surface area (Å²) in [4.78, 5) is 15.1. The first-order chi connectivity index (χ1) is 6.58. The molecule has 1 aromatic heterocycles. The van der Waals surface area contributed by atoms with Crippen LogP contribution in [0.1, 0.15) is 20.3 Å². The molecular formula is C10H13FN2O. The summed E-state index contributed by atoms with van der Waals surface area (Å²) in [7, 11) is 0. The predicted octanol–water partition coefficient (Wildman–Crippen LogP) is 2.21. The van der Waals surface area contributed by atoms with Gasteiger partial charge in [0.2, 0.25) is 5.91 Å². The largest absolute Gasteiger partial charge is 0.311 e. The lowest BCUT2D eigenvalue weighted by atomic mass is 10.1. The molecule has 0 aliphatic heterocycles. The Kier molecular flexibility index (Phi) is 3.56. The molecule has 1 N–H and O–H groups in total. The van der Waals surface area contributed by atoms with Crippen LogP contribution >= 0.6 is 0 Å². The summed E-state index contributed by atoms with van der Waals surface area (Å²) in [6.45, 7) is 3.89. The summed E-state index contributed by atoms with van der Waals surface area (Å²) in [5.74, 6) is -0.00263. The number of nitrogens with one attached hydrogen (secondary N) is 1. The SMILES string of the molecule is CC(C)CC(=O)Nc1cc(F)ccn1. The lowest BCUT2D eigenvalue weighted by molar-refractivity contribution is -0.116. The fourth-order valence-corrected chi connectivity index (χ4v) is 1.04. The molecule has 0 aliphatic carbocycles. The second kappa shape index (κ2) is 4.69. The molecule has 0 aromatic carbocycles. The Morgan fingerprint density at radius 3 is 2.93 bits per heavy atom. The molecule has 0 bridgehead atoms. The van der Waals surface area contributed by atoms with Gasteiger partial charge in [-0.05, 0) is 12.0 Å². The van der Waals surface area contributed by atoms with Gasteiger partial charge in [-0.15, -0.1) is 0 Å². The van der Waals surface area contributed by atoms with Crippen molar-refractivity contribution in [3.8, 4) is 0 Å². The number of halogens is 1. The first-order valence-corrected chi connectivity index (χ1v) is 4.49. The fraction of sp³-hybridized carbons (Fsp3) is 0.400. The van der Waals surface area contributed by atoms with E-state index in [4.69, 9.17) is 0 Å². The molecule has 1 amide bonds. The standard InChI is InChI=1S/C10H13FN2O/c1-7(2)5-10(14)13-9-6-8(11)3-4-12-9/h3-4,6-7H,5H2,1-2H3,(H,12,13,14). The third-order valence-corrected chi connectivity index (χ3v) is 1.58. The average Bonchev–Trinajstić information content (AvgIpc) is 2.01. The molecule has 3 nitrogen and oxygen atoms in total. The van der Waals surface area contributed by atoms with E-state index in [1.54, 1.807) is 0 Å². The molecule has 14 heavy (non-hydrogen) atoms. The molecule has 0 radical (unpaired) electrons. The zero-order chi connectivity index (χ0) is 10.6. The quantitative estimate of drug-likeness (QED) is 0.805. The van der Waals surface area contributed by atoms with E-state index in [1.807, 2.05) is 13.8 Å². The van der Waals surface area contributed by atoms with E-state index in [0.29, 0.717) is 6.42 Å². The normalized spacial score (nSPS) is 10.3. The van der Waals surface area contributed by atoms with Crippen LogP contribution in [0.3, 0.4) is 0 Å². The van der Waals surface area contributed by atoms with Gasteiger partial charge in [-0.3, -0.25) is 4.79 Å². The predicted molar refractivity (Wildman–Crippen MR) is 52.3 cm³/mol. The van der Waals surface area contributed by atoms with Crippen LogP contribution < -0.4 is 5.32 Å². The Bertz CT molecular complexity index is 326. The maximum Gasteiger partial charge on any atom is 0.225 e. The van der Waals surface area contributed by atoms with Crippen LogP contribution in [0.25, 0.3) is 0 Å². The van der Waals surface area contributed by atoms with Crippen molar-refractivity contribution in [1.82, 2.24) is 4.98 Å². The Labute approximate surface area is 82.4 Å². The summed E-state index contributed by atoms with van der Waals surface area (Å²) in [5.41, 5.74) is 0. The highest BCUT2D eigenvalue weighted by molar-refractivity contribution is 5.89. The van der Waals surface area contributed by atoms with Gasteiger partial charge in [0.25, 0.3) is 0 Å². The van der Waals surface area contributed by atoms with Gasteiger partial charge in [0.1, 0.15) is 11.6 Å². The van der Waals surface area contributed by atoms with E-state index in [2.05, 4.69) is 10.3 Å². The van der Waals surface area contributed by atoms with Crippen molar-refractivity contribution >= 4 is 11.7 Å². The molecule has 0 saturated carbocycles. The number of carbonyl (C=O) groups excluding carboxylic acids is 1. The second-order valence-electron chi connectivity index (χ2n) is 3.51.